The van der Waals surface area contributed by atoms with Gasteiger partial charge in [-0.1, -0.05) is 19.7 Å². The van der Waals surface area contributed by atoms with Crippen molar-refractivity contribution in [1.82, 2.24) is 0 Å². The minimum atomic E-state index is -0.801. The predicted molar refractivity (Wildman–Crippen MR) is 48.2 cm³/mol. The standard InChI is InChI=1S/C9H16BO2/c1-7-5-10-8-3-2-4-9(8,11)12-6-7/h7-8,11H,2-6H2,1H3. The molecule has 1 aliphatic carbocycles. The number of hydrogen-bond donors (Lipinski definition) is 1. The molecule has 1 radical (unpaired) electrons. The average Bonchev–Trinajstić information content (AvgIpc) is 2.35. The summed E-state index contributed by atoms with van der Waals surface area (Å²) >= 11 is 0. The Bertz CT molecular complexity index is 174. The fourth-order valence-corrected chi connectivity index (χ4v) is 2.22. The van der Waals surface area contributed by atoms with E-state index in [2.05, 4.69) is 14.2 Å². The molecule has 1 heterocycles. The number of fused-ring (bicyclic) bond motifs is 1. The maximum absolute atomic E-state index is 10.1. The van der Waals surface area contributed by atoms with Crippen LogP contribution in [0.4, 0.5) is 0 Å². The van der Waals surface area contributed by atoms with E-state index in [0.717, 1.165) is 25.6 Å². The summed E-state index contributed by atoms with van der Waals surface area (Å²) in [5.41, 5.74) is 0. The molecular formula is C9H16BO2. The van der Waals surface area contributed by atoms with Crippen molar-refractivity contribution < 1.29 is 9.84 Å². The normalized spacial score (nSPS) is 47.8. The molecule has 0 spiro atoms. The molecule has 2 fully saturated rings. The van der Waals surface area contributed by atoms with Gasteiger partial charge in [0.2, 0.25) is 0 Å². The summed E-state index contributed by atoms with van der Waals surface area (Å²) < 4.78 is 5.55. The predicted octanol–water partition coefficient (Wildman–Crippen LogP) is 1.44. The van der Waals surface area contributed by atoms with Gasteiger partial charge >= 0.3 is 0 Å². The summed E-state index contributed by atoms with van der Waals surface area (Å²) in [6.45, 7) is 2.88. The second-order valence-electron chi connectivity index (χ2n) is 4.23. The molecule has 67 valence electrons. The number of ether oxygens (including phenoxy) is 1. The van der Waals surface area contributed by atoms with Crippen LogP contribution in [0.15, 0.2) is 0 Å². The smallest absolute Gasteiger partial charge is 0.161 e. The van der Waals surface area contributed by atoms with Gasteiger partial charge in [-0.3, -0.25) is 0 Å². The van der Waals surface area contributed by atoms with Crippen LogP contribution in [-0.2, 0) is 4.74 Å². The highest BCUT2D eigenvalue weighted by molar-refractivity contribution is 6.38. The lowest BCUT2D eigenvalue weighted by molar-refractivity contribution is -0.199. The SMILES string of the molecule is CC1C[B]C2CCCC2(O)OC1. The Morgan fingerprint density at radius 1 is 1.58 bits per heavy atom. The third kappa shape index (κ3) is 1.40. The first kappa shape index (κ1) is 8.58. The highest BCUT2D eigenvalue weighted by Gasteiger charge is 2.43. The highest BCUT2D eigenvalue weighted by Crippen LogP contribution is 2.43. The van der Waals surface area contributed by atoms with Crippen LogP contribution < -0.4 is 0 Å². The second-order valence-corrected chi connectivity index (χ2v) is 4.23. The first-order chi connectivity index (χ1) is 5.71. The third-order valence-electron chi connectivity index (χ3n) is 3.07. The van der Waals surface area contributed by atoms with E-state index in [1.807, 2.05) is 0 Å². The van der Waals surface area contributed by atoms with E-state index in [9.17, 15) is 5.11 Å². The molecule has 0 aromatic heterocycles. The summed E-state index contributed by atoms with van der Waals surface area (Å²) in [6, 6.07) is 0. The van der Waals surface area contributed by atoms with E-state index in [0.29, 0.717) is 18.3 Å². The van der Waals surface area contributed by atoms with Gasteiger partial charge in [0.1, 0.15) is 7.28 Å². The topological polar surface area (TPSA) is 29.5 Å². The van der Waals surface area contributed by atoms with Crippen LogP contribution in [0.3, 0.4) is 0 Å². The zero-order valence-corrected chi connectivity index (χ0v) is 7.62. The van der Waals surface area contributed by atoms with Crippen LogP contribution >= 0.6 is 0 Å². The Balaban J connectivity index is 2.07. The van der Waals surface area contributed by atoms with E-state index in [4.69, 9.17) is 4.74 Å². The summed E-state index contributed by atoms with van der Waals surface area (Å²) in [4.78, 5) is 0. The van der Waals surface area contributed by atoms with E-state index < -0.39 is 5.79 Å². The van der Waals surface area contributed by atoms with Crippen LogP contribution in [0, 0.1) is 5.92 Å². The maximum atomic E-state index is 10.1. The fraction of sp³-hybridized carbons (Fsp3) is 1.00. The Morgan fingerprint density at radius 3 is 3.25 bits per heavy atom. The van der Waals surface area contributed by atoms with Gasteiger partial charge < -0.3 is 9.84 Å². The van der Waals surface area contributed by atoms with Crippen LogP contribution in [0.1, 0.15) is 26.2 Å². The highest BCUT2D eigenvalue weighted by atomic mass is 16.6. The Hall–Kier alpha value is -0.0151. The van der Waals surface area contributed by atoms with Gasteiger partial charge in [-0.05, 0) is 18.2 Å². The number of aliphatic hydroxyl groups is 1. The molecule has 0 bridgehead atoms. The molecule has 1 aliphatic heterocycles. The lowest BCUT2D eigenvalue weighted by Gasteiger charge is -2.27. The lowest BCUT2D eigenvalue weighted by Crippen LogP contribution is -2.34. The molecule has 0 aromatic rings. The van der Waals surface area contributed by atoms with Crippen LogP contribution in [0.2, 0.25) is 12.1 Å². The van der Waals surface area contributed by atoms with Crippen molar-refractivity contribution in [2.24, 2.45) is 5.92 Å². The molecule has 3 heteroatoms. The van der Waals surface area contributed by atoms with Gasteiger partial charge in [0.15, 0.2) is 5.79 Å². The van der Waals surface area contributed by atoms with Crippen molar-refractivity contribution in [3.05, 3.63) is 0 Å². The number of rotatable bonds is 0. The second kappa shape index (κ2) is 3.04. The van der Waals surface area contributed by atoms with Crippen LogP contribution in [0.5, 0.6) is 0 Å². The van der Waals surface area contributed by atoms with Crippen molar-refractivity contribution >= 4 is 7.28 Å². The molecule has 2 nitrogen and oxygen atoms in total. The van der Waals surface area contributed by atoms with Gasteiger partial charge in [-0.15, -0.1) is 0 Å². The number of hydrogen-bond acceptors (Lipinski definition) is 2. The van der Waals surface area contributed by atoms with Crippen molar-refractivity contribution in [3.63, 3.8) is 0 Å². The maximum Gasteiger partial charge on any atom is 0.161 e. The van der Waals surface area contributed by atoms with Crippen molar-refractivity contribution in [3.8, 4) is 0 Å². The van der Waals surface area contributed by atoms with Gasteiger partial charge in [-0.25, -0.2) is 0 Å². The largest absolute Gasteiger partial charge is 0.366 e. The van der Waals surface area contributed by atoms with Crippen LogP contribution in [0.25, 0.3) is 0 Å². The zero-order chi connectivity index (χ0) is 8.60. The van der Waals surface area contributed by atoms with E-state index >= 15 is 0 Å². The lowest BCUT2D eigenvalue weighted by atomic mass is 9.57. The summed E-state index contributed by atoms with van der Waals surface area (Å²) in [7, 11) is 2.25. The average molecular weight is 167 g/mol. The monoisotopic (exact) mass is 167 g/mol. The molecule has 12 heavy (non-hydrogen) atoms. The van der Waals surface area contributed by atoms with E-state index in [1.54, 1.807) is 0 Å². The minimum absolute atomic E-state index is 0.294. The molecule has 2 aliphatic rings. The molecule has 0 aromatic carbocycles. The molecule has 3 unspecified atom stereocenters. The first-order valence-electron chi connectivity index (χ1n) is 4.90. The van der Waals surface area contributed by atoms with E-state index in [1.165, 1.54) is 0 Å². The van der Waals surface area contributed by atoms with Gasteiger partial charge in [-0.2, -0.15) is 0 Å². The molecule has 0 amide bonds. The quantitative estimate of drug-likeness (QED) is 0.553. The van der Waals surface area contributed by atoms with Crippen molar-refractivity contribution in [1.29, 1.82) is 0 Å². The molecule has 1 saturated heterocycles. The Morgan fingerprint density at radius 2 is 2.42 bits per heavy atom. The fourth-order valence-electron chi connectivity index (χ4n) is 2.22. The van der Waals surface area contributed by atoms with Crippen molar-refractivity contribution in [2.45, 2.75) is 44.1 Å². The van der Waals surface area contributed by atoms with Gasteiger partial charge in [0.25, 0.3) is 0 Å². The minimum Gasteiger partial charge on any atom is -0.366 e. The van der Waals surface area contributed by atoms with Crippen LogP contribution in [-0.4, -0.2) is 24.8 Å². The van der Waals surface area contributed by atoms with Gasteiger partial charge in [0.05, 0.1) is 6.61 Å². The zero-order valence-electron chi connectivity index (χ0n) is 7.62. The van der Waals surface area contributed by atoms with E-state index in [-0.39, 0.29) is 0 Å². The summed E-state index contributed by atoms with van der Waals surface area (Å²) in [6.07, 6.45) is 4.11. The molecule has 2 rings (SSSR count). The summed E-state index contributed by atoms with van der Waals surface area (Å²) in [5.74, 6) is 0.0622. The molecular weight excluding hydrogens is 151 g/mol. The Labute approximate surface area is 74.5 Å². The summed E-state index contributed by atoms with van der Waals surface area (Å²) in [5, 5.41) is 10.1. The molecule has 3 atom stereocenters. The first-order valence-corrected chi connectivity index (χ1v) is 4.90. The molecule has 1 saturated carbocycles. The third-order valence-corrected chi connectivity index (χ3v) is 3.07. The van der Waals surface area contributed by atoms with Crippen molar-refractivity contribution in [2.75, 3.05) is 6.61 Å². The Kier molecular flexibility index (Phi) is 2.17. The van der Waals surface area contributed by atoms with Gasteiger partial charge in [0, 0.05) is 6.42 Å². The molecule has 1 N–H and O–H groups in total.